The largest absolute Gasteiger partial charge is 0.446 e. The van der Waals surface area contributed by atoms with Crippen LogP contribution < -0.4 is 5.32 Å². The Bertz CT molecular complexity index is 1990. The first kappa shape index (κ1) is 36.3. The van der Waals surface area contributed by atoms with Crippen LogP contribution >= 0.6 is 0 Å². The fourth-order valence-electron chi connectivity index (χ4n) is 7.89. The molecule has 2 aliphatic carbocycles. The van der Waals surface area contributed by atoms with Crippen molar-refractivity contribution in [2.24, 2.45) is 35.5 Å². The first-order valence-corrected chi connectivity index (χ1v) is 18.5. The molecule has 2 aromatic carbocycles. The number of aromatic nitrogens is 2. The molecule has 2 saturated carbocycles. The molecule has 2 fully saturated rings. The van der Waals surface area contributed by atoms with Crippen molar-refractivity contribution >= 4 is 18.2 Å². The number of allylic oxidation sites excluding steroid dienone is 1. The van der Waals surface area contributed by atoms with Gasteiger partial charge in [-0.25, -0.2) is 4.79 Å². The summed E-state index contributed by atoms with van der Waals surface area (Å²) in [4.78, 5) is 22.8. The molecule has 8 atom stereocenters. The average molecular weight is 690 g/mol. The van der Waals surface area contributed by atoms with Gasteiger partial charge in [0.05, 0.1) is 34.7 Å². The van der Waals surface area contributed by atoms with Crippen LogP contribution in [-0.2, 0) is 4.74 Å². The van der Waals surface area contributed by atoms with Gasteiger partial charge in [-0.2, -0.15) is 10.5 Å². The van der Waals surface area contributed by atoms with E-state index < -0.39 is 0 Å². The van der Waals surface area contributed by atoms with E-state index >= 15 is 0 Å². The Morgan fingerprint density at radius 3 is 1.87 bits per heavy atom. The molecule has 2 aromatic heterocycles. The zero-order chi connectivity index (χ0) is 36.6. The summed E-state index contributed by atoms with van der Waals surface area (Å²) in [6, 6.07) is 27.6. The lowest BCUT2D eigenvalue weighted by Gasteiger charge is -2.40. The van der Waals surface area contributed by atoms with Gasteiger partial charge >= 0.3 is 6.09 Å². The second-order valence-corrected chi connectivity index (χ2v) is 14.7. The number of ether oxygens (including phenoxy) is 1. The number of amides is 1. The first-order chi connectivity index (χ1) is 25.2. The number of nitrogens with zero attached hydrogens (tertiary/aromatic N) is 4. The van der Waals surface area contributed by atoms with Crippen molar-refractivity contribution < 1.29 is 9.53 Å². The van der Waals surface area contributed by atoms with E-state index in [0.29, 0.717) is 34.8 Å². The normalized spacial score (nSPS) is 26.0. The van der Waals surface area contributed by atoms with E-state index in [1.54, 1.807) is 0 Å². The van der Waals surface area contributed by atoms with Crippen molar-refractivity contribution in [1.29, 1.82) is 10.5 Å². The molecule has 4 aromatic rings. The fraction of sp³-hybridized carbons (Fsp3) is 0.356. The quantitative estimate of drug-likeness (QED) is 0.197. The lowest BCUT2D eigenvalue weighted by Crippen LogP contribution is -2.46. The smallest absolute Gasteiger partial charge is 0.407 e. The Labute approximate surface area is 308 Å². The second-order valence-electron chi connectivity index (χ2n) is 14.7. The maximum absolute atomic E-state index is 13.4. The minimum Gasteiger partial charge on any atom is -0.446 e. The molecule has 0 radical (unpaired) electrons. The van der Waals surface area contributed by atoms with Crippen LogP contribution in [0.15, 0.2) is 97.3 Å². The Balaban J connectivity index is 1.08. The summed E-state index contributed by atoms with van der Waals surface area (Å²) < 4.78 is 6.21. The molecular formula is C45H47N5O2. The fourth-order valence-corrected chi connectivity index (χ4v) is 7.89. The minimum atomic E-state index is -0.340. The standard InChI is InChI=1S/C45H47N5O2/c1-29-13-22-44(41(32(29)4)21-20-39-19-16-37(28-49-39)43-12-8-6-10-35(43)26-47)52-45(51)50-40-23-30(2)31(3)33(24-40)14-17-38-18-15-36(27-48-38)42-11-7-5-9-34(42)25-46/h5-12,14-21,27-33,40-41,44H,13,22-24H2,1-4H3,(H,50,51)/b17-14+,21-20+/t29-,30-,31+,32+,33+,40?,41-,44+/m0/s1. The van der Waals surface area contributed by atoms with Crippen LogP contribution in [0.5, 0.6) is 0 Å². The molecule has 0 bridgehead atoms. The molecule has 1 unspecified atom stereocenters. The van der Waals surface area contributed by atoms with Gasteiger partial charge in [-0.15, -0.1) is 0 Å². The third-order valence-corrected chi connectivity index (χ3v) is 11.5. The number of benzene rings is 2. The van der Waals surface area contributed by atoms with Gasteiger partial charge in [-0.3, -0.25) is 9.97 Å². The summed E-state index contributed by atoms with van der Waals surface area (Å²) >= 11 is 0. The van der Waals surface area contributed by atoms with Crippen LogP contribution in [0.1, 0.15) is 75.9 Å². The van der Waals surface area contributed by atoms with Crippen molar-refractivity contribution in [2.45, 2.75) is 65.5 Å². The van der Waals surface area contributed by atoms with Crippen LogP contribution in [0.25, 0.3) is 34.4 Å². The van der Waals surface area contributed by atoms with E-state index in [-0.39, 0.29) is 30.1 Å². The van der Waals surface area contributed by atoms with E-state index in [2.05, 4.69) is 73.3 Å². The highest BCUT2D eigenvalue weighted by Crippen LogP contribution is 2.39. The maximum Gasteiger partial charge on any atom is 0.407 e. The highest BCUT2D eigenvalue weighted by Gasteiger charge is 2.37. The second kappa shape index (κ2) is 16.7. The molecule has 0 aliphatic heterocycles. The Hall–Kier alpha value is -5.53. The first-order valence-electron chi connectivity index (χ1n) is 18.5. The highest BCUT2D eigenvalue weighted by molar-refractivity contribution is 5.71. The van der Waals surface area contributed by atoms with Crippen molar-refractivity contribution in [3.63, 3.8) is 0 Å². The van der Waals surface area contributed by atoms with Crippen molar-refractivity contribution in [2.75, 3.05) is 0 Å². The molecule has 52 heavy (non-hydrogen) atoms. The lowest BCUT2D eigenvalue weighted by molar-refractivity contribution is 0.0130. The molecule has 7 nitrogen and oxygen atoms in total. The Morgan fingerprint density at radius 2 is 1.31 bits per heavy atom. The zero-order valence-electron chi connectivity index (χ0n) is 30.4. The number of pyridine rings is 2. The molecule has 264 valence electrons. The van der Waals surface area contributed by atoms with E-state index in [1.165, 1.54) is 0 Å². The van der Waals surface area contributed by atoms with Gasteiger partial charge in [-0.05, 0) is 91.7 Å². The monoisotopic (exact) mass is 689 g/mol. The lowest BCUT2D eigenvalue weighted by atomic mass is 9.71. The summed E-state index contributed by atoms with van der Waals surface area (Å²) in [5.41, 5.74) is 6.52. The molecule has 2 aliphatic rings. The molecular weight excluding hydrogens is 643 g/mol. The molecule has 2 heterocycles. The molecule has 1 amide bonds. The van der Waals surface area contributed by atoms with E-state index in [1.807, 2.05) is 91.3 Å². The predicted molar refractivity (Wildman–Crippen MR) is 206 cm³/mol. The molecule has 0 spiro atoms. The Morgan fingerprint density at radius 1 is 0.731 bits per heavy atom. The van der Waals surface area contributed by atoms with Crippen LogP contribution in [0.4, 0.5) is 4.79 Å². The van der Waals surface area contributed by atoms with Gasteiger partial charge < -0.3 is 10.1 Å². The third-order valence-electron chi connectivity index (χ3n) is 11.5. The minimum absolute atomic E-state index is 0.0222. The summed E-state index contributed by atoms with van der Waals surface area (Å²) in [7, 11) is 0. The van der Waals surface area contributed by atoms with Crippen LogP contribution in [0, 0.1) is 58.2 Å². The predicted octanol–water partition coefficient (Wildman–Crippen LogP) is 10.1. The number of hydrogen-bond donors (Lipinski definition) is 1. The van der Waals surface area contributed by atoms with Crippen molar-refractivity contribution in [3.05, 3.63) is 120 Å². The van der Waals surface area contributed by atoms with Crippen molar-refractivity contribution in [3.8, 4) is 34.4 Å². The Kier molecular flexibility index (Phi) is 11.6. The third kappa shape index (κ3) is 8.49. The van der Waals surface area contributed by atoms with Gasteiger partial charge in [-0.1, -0.05) is 88.4 Å². The number of hydrogen-bond acceptors (Lipinski definition) is 6. The van der Waals surface area contributed by atoms with Crippen LogP contribution in [-0.4, -0.2) is 28.2 Å². The van der Waals surface area contributed by atoms with Gasteiger partial charge in [0.1, 0.15) is 6.10 Å². The van der Waals surface area contributed by atoms with Crippen molar-refractivity contribution in [1.82, 2.24) is 15.3 Å². The van der Waals surface area contributed by atoms with Gasteiger partial charge in [0.2, 0.25) is 0 Å². The average Bonchev–Trinajstić information content (AvgIpc) is 3.17. The maximum atomic E-state index is 13.4. The summed E-state index contributed by atoms with van der Waals surface area (Å²) in [5.74, 6) is 2.12. The van der Waals surface area contributed by atoms with Gasteiger partial charge in [0.15, 0.2) is 0 Å². The van der Waals surface area contributed by atoms with Crippen LogP contribution in [0.2, 0.25) is 0 Å². The number of rotatable bonds is 8. The number of carbonyl (C=O) groups is 1. The number of nitrogens with one attached hydrogen (secondary N) is 1. The van der Waals surface area contributed by atoms with E-state index in [4.69, 9.17) is 4.74 Å². The van der Waals surface area contributed by atoms with Gasteiger partial charge in [0, 0.05) is 46.6 Å². The molecule has 6 rings (SSSR count). The van der Waals surface area contributed by atoms with E-state index in [9.17, 15) is 15.3 Å². The summed E-state index contributed by atoms with van der Waals surface area (Å²) in [6.45, 7) is 9.07. The molecule has 1 N–H and O–H groups in total. The zero-order valence-corrected chi connectivity index (χ0v) is 30.4. The number of carbonyl (C=O) groups excluding carboxylic acids is 1. The van der Waals surface area contributed by atoms with Gasteiger partial charge in [0.25, 0.3) is 0 Å². The highest BCUT2D eigenvalue weighted by atomic mass is 16.6. The number of alkyl carbamates (subject to hydrolysis) is 1. The summed E-state index contributed by atoms with van der Waals surface area (Å²) in [5, 5.41) is 22.2. The molecule has 7 heteroatoms. The topological polar surface area (TPSA) is 112 Å². The number of nitriles is 2. The summed E-state index contributed by atoms with van der Waals surface area (Å²) in [6.07, 6.45) is 15.2. The molecule has 0 saturated heterocycles. The van der Waals surface area contributed by atoms with E-state index in [0.717, 1.165) is 59.3 Å². The SMILES string of the molecule is C[C@H]1[C@H](/C=C/c2ccc(-c3ccccc3C#N)cn2)[C@H](OC(=O)NC2C[C@@H](/C=C/c3ccc(-c4ccccc4C#N)cn3)[C@H](C)[C@@H](C)C2)CC[C@@H]1C. The van der Waals surface area contributed by atoms with Crippen LogP contribution in [0.3, 0.4) is 0 Å².